The molecule has 0 fully saturated rings. The van der Waals surface area contributed by atoms with Crippen molar-refractivity contribution in [1.82, 2.24) is 0 Å². The zero-order chi connectivity index (χ0) is 14.3. The molecule has 0 amide bonds. The van der Waals surface area contributed by atoms with Crippen molar-refractivity contribution in [3.63, 3.8) is 0 Å². The van der Waals surface area contributed by atoms with Gasteiger partial charge >= 0.3 is 0 Å². The highest BCUT2D eigenvalue weighted by Gasteiger charge is 2.32. The van der Waals surface area contributed by atoms with Crippen LogP contribution in [0.2, 0.25) is 17.1 Å². The van der Waals surface area contributed by atoms with E-state index in [0.29, 0.717) is 11.6 Å². The molecular formula is C16H34OSi. The highest BCUT2D eigenvalue weighted by Crippen LogP contribution is 2.36. The van der Waals surface area contributed by atoms with Crippen LogP contribution >= 0.6 is 0 Å². The van der Waals surface area contributed by atoms with Gasteiger partial charge in [0.2, 0.25) is 0 Å². The molecule has 0 N–H and O–H groups in total. The molecule has 0 aliphatic carbocycles. The average Bonchev–Trinajstić information content (AvgIpc) is 2.13. The van der Waals surface area contributed by atoms with Crippen molar-refractivity contribution < 1.29 is 4.74 Å². The molecule has 18 heavy (non-hydrogen) atoms. The Morgan fingerprint density at radius 2 is 1.56 bits per heavy atom. The zero-order valence-electron chi connectivity index (χ0n) is 13.7. The van der Waals surface area contributed by atoms with Gasteiger partial charge in [0.1, 0.15) is 0 Å². The normalized spacial score (nSPS) is 12.8. The summed E-state index contributed by atoms with van der Waals surface area (Å²) in [6, 6.07) is 2.86. The molecule has 1 nitrogen and oxygen atoms in total. The molecule has 0 heterocycles. The number of rotatable bonds is 9. The molecule has 0 aromatic rings. The van der Waals surface area contributed by atoms with Gasteiger partial charge in [-0.15, -0.1) is 0 Å². The number of ether oxygens (including phenoxy) is 1. The summed E-state index contributed by atoms with van der Waals surface area (Å²) in [5.74, 6) is 1.64. The Bertz CT molecular complexity index is 233. The van der Waals surface area contributed by atoms with Gasteiger partial charge in [-0.25, -0.2) is 0 Å². The Balaban J connectivity index is 4.47. The van der Waals surface area contributed by atoms with Crippen molar-refractivity contribution in [1.29, 1.82) is 0 Å². The lowest BCUT2D eigenvalue weighted by Crippen LogP contribution is -2.34. The van der Waals surface area contributed by atoms with Crippen LogP contribution in [0.3, 0.4) is 0 Å². The van der Waals surface area contributed by atoms with Crippen molar-refractivity contribution in [3.8, 4) is 0 Å². The second-order valence-electron chi connectivity index (χ2n) is 7.39. The summed E-state index contributed by atoms with van der Waals surface area (Å²) in [5.41, 5.74) is 1.12. The zero-order valence-corrected chi connectivity index (χ0v) is 14.8. The van der Waals surface area contributed by atoms with Crippen molar-refractivity contribution in [2.45, 2.75) is 65.6 Å². The van der Waals surface area contributed by atoms with Gasteiger partial charge in [-0.1, -0.05) is 65.8 Å². The lowest BCUT2D eigenvalue weighted by molar-refractivity contribution is 0.132. The Kier molecular flexibility index (Phi) is 8.12. The first-order valence-corrected chi connectivity index (χ1v) is 9.58. The lowest BCUT2D eigenvalue weighted by atomic mass is 10.2. The molecule has 0 saturated heterocycles. The number of hydrogen-bond acceptors (Lipinski definition) is 1. The fourth-order valence-corrected chi connectivity index (χ4v) is 6.58. The highest BCUT2D eigenvalue weighted by atomic mass is 28.3. The van der Waals surface area contributed by atoms with Crippen LogP contribution in [0.1, 0.15) is 48.5 Å². The summed E-state index contributed by atoms with van der Waals surface area (Å²) in [7, 11) is -0.776. The van der Waals surface area contributed by atoms with Crippen LogP contribution in [0.4, 0.5) is 0 Å². The quantitative estimate of drug-likeness (QED) is 0.428. The SMILES string of the molecule is C=C(C)COCC(C)(C)[SiH](CC(C)C)CC(C)C. The van der Waals surface area contributed by atoms with Crippen LogP contribution < -0.4 is 0 Å². The Hall–Kier alpha value is -0.0831. The first-order valence-electron chi connectivity index (χ1n) is 7.37. The maximum atomic E-state index is 5.84. The summed E-state index contributed by atoms with van der Waals surface area (Å²) in [6.45, 7) is 21.8. The summed E-state index contributed by atoms with van der Waals surface area (Å²) in [6.07, 6.45) is 0. The predicted molar refractivity (Wildman–Crippen MR) is 86.1 cm³/mol. The Labute approximate surface area is 117 Å². The van der Waals surface area contributed by atoms with Crippen LogP contribution in [0, 0.1) is 11.8 Å². The summed E-state index contributed by atoms with van der Waals surface area (Å²) in [4.78, 5) is 0. The standard InChI is InChI=1S/C16H34OSi/c1-13(2)9-17-12-16(7,8)18(10-14(3)4)11-15(5)6/h14-15,18H,1,9-12H2,2-8H3. The van der Waals surface area contributed by atoms with E-state index < -0.39 is 8.80 Å². The summed E-state index contributed by atoms with van der Waals surface area (Å²) < 4.78 is 5.84. The third-order valence-corrected chi connectivity index (χ3v) is 8.84. The minimum absolute atomic E-state index is 0.393. The molecule has 0 atom stereocenters. The van der Waals surface area contributed by atoms with Gasteiger partial charge in [-0.05, 0) is 23.8 Å². The molecule has 0 rings (SSSR count). The van der Waals surface area contributed by atoms with Crippen molar-refractivity contribution >= 4 is 8.80 Å². The second kappa shape index (κ2) is 8.16. The fourth-order valence-electron chi connectivity index (χ4n) is 2.48. The lowest BCUT2D eigenvalue weighted by Gasteiger charge is -2.35. The predicted octanol–water partition coefficient (Wildman–Crippen LogP) is 4.90. The average molecular weight is 271 g/mol. The highest BCUT2D eigenvalue weighted by molar-refractivity contribution is 6.62. The molecule has 0 radical (unpaired) electrons. The minimum atomic E-state index is -0.776. The molecule has 0 aromatic carbocycles. The summed E-state index contributed by atoms with van der Waals surface area (Å²) in [5, 5.41) is 0.393. The van der Waals surface area contributed by atoms with E-state index in [4.69, 9.17) is 4.74 Å². The minimum Gasteiger partial charge on any atom is -0.377 e. The molecule has 0 saturated carbocycles. The van der Waals surface area contributed by atoms with Crippen LogP contribution in [0.25, 0.3) is 0 Å². The fraction of sp³-hybridized carbons (Fsp3) is 0.875. The molecule has 0 aliphatic heterocycles. The van der Waals surface area contributed by atoms with Crippen molar-refractivity contribution in [2.75, 3.05) is 13.2 Å². The van der Waals surface area contributed by atoms with Crippen molar-refractivity contribution in [2.24, 2.45) is 11.8 Å². The smallest absolute Gasteiger partial charge is 0.0671 e. The Morgan fingerprint density at radius 3 is 1.89 bits per heavy atom. The van der Waals surface area contributed by atoms with E-state index in [1.54, 1.807) is 0 Å². The molecule has 0 bridgehead atoms. The first-order chi connectivity index (χ1) is 8.15. The van der Waals surface area contributed by atoms with E-state index in [1.165, 1.54) is 12.1 Å². The van der Waals surface area contributed by atoms with Gasteiger partial charge < -0.3 is 4.74 Å². The largest absolute Gasteiger partial charge is 0.377 e. The van der Waals surface area contributed by atoms with Gasteiger partial charge in [0, 0.05) is 15.4 Å². The van der Waals surface area contributed by atoms with Crippen LogP contribution in [0.5, 0.6) is 0 Å². The van der Waals surface area contributed by atoms with Gasteiger partial charge in [-0.2, -0.15) is 0 Å². The molecule has 0 spiro atoms. The van der Waals surface area contributed by atoms with Crippen LogP contribution in [0.15, 0.2) is 12.2 Å². The van der Waals surface area contributed by atoms with E-state index >= 15 is 0 Å². The molecule has 108 valence electrons. The second-order valence-corrected chi connectivity index (χ2v) is 11.3. The maximum absolute atomic E-state index is 5.84. The van der Waals surface area contributed by atoms with Crippen LogP contribution in [-0.4, -0.2) is 22.0 Å². The molecular weight excluding hydrogens is 236 g/mol. The van der Waals surface area contributed by atoms with E-state index in [0.717, 1.165) is 24.0 Å². The van der Waals surface area contributed by atoms with Gasteiger partial charge in [0.15, 0.2) is 0 Å². The summed E-state index contributed by atoms with van der Waals surface area (Å²) >= 11 is 0. The number of hydrogen-bond donors (Lipinski definition) is 0. The van der Waals surface area contributed by atoms with E-state index in [9.17, 15) is 0 Å². The van der Waals surface area contributed by atoms with Crippen molar-refractivity contribution in [3.05, 3.63) is 12.2 Å². The van der Waals surface area contributed by atoms with E-state index in [1.807, 2.05) is 6.92 Å². The molecule has 2 heteroatoms. The van der Waals surface area contributed by atoms with Gasteiger partial charge in [0.05, 0.1) is 6.61 Å². The van der Waals surface area contributed by atoms with E-state index in [-0.39, 0.29) is 0 Å². The topological polar surface area (TPSA) is 9.23 Å². The molecule has 0 aromatic heterocycles. The molecule has 0 unspecified atom stereocenters. The van der Waals surface area contributed by atoms with E-state index in [2.05, 4.69) is 48.1 Å². The third-order valence-electron chi connectivity index (χ3n) is 3.44. The van der Waals surface area contributed by atoms with Crippen LogP contribution in [-0.2, 0) is 4.74 Å². The molecule has 0 aliphatic rings. The third kappa shape index (κ3) is 8.10. The maximum Gasteiger partial charge on any atom is 0.0671 e. The Morgan fingerprint density at radius 1 is 1.11 bits per heavy atom. The first kappa shape index (κ1) is 17.9. The van der Waals surface area contributed by atoms with Gasteiger partial charge in [0.25, 0.3) is 0 Å². The van der Waals surface area contributed by atoms with Gasteiger partial charge in [-0.3, -0.25) is 0 Å². The monoisotopic (exact) mass is 270 g/mol.